The van der Waals surface area contributed by atoms with Crippen LogP contribution in [0.15, 0.2) is 0 Å². The molecule has 0 saturated carbocycles. The van der Waals surface area contributed by atoms with E-state index in [0.717, 1.165) is 12.8 Å². The van der Waals surface area contributed by atoms with Gasteiger partial charge in [-0.25, -0.2) is 0 Å². The molecule has 0 aliphatic rings. The lowest BCUT2D eigenvalue weighted by Crippen LogP contribution is -2.53. The fraction of sp³-hybridized carbons (Fsp3) is 0.941. The van der Waals surface area contributed by atoms with Crippen LogP contribution >= 0.6 is 11.8 Å². The Hall–Kier alpha value is -0.220. The fourth-order valence-corrected chi connectivity index (χ4v) is 3.42. The van der Waals surface area contributed by atoms with Gasteiger partial charge in [0.25, 0.3) is 0 Å². The molecule has 1 atom stereocenters. The molecule has 0 aliphatic heterocycles. The van der Waals surface area contributed by atoms with Crippen molar-refractivity contribution in [1.29, 1.82) is 0 Å². The standard InChI is InChI=1S/C17H35NO2S/c1-6-8-10-13-21-14-11-9-12-17(5,18-15(3)4)16(19)20-7-2/h15,18H,6-14H2,1-5H3. The van der Waals surface area contributed by atoms with Gasteiger partial charge in [0.05, 0.1) is 6.61 Å². The zero-order chi connectivity index (χ0) is 16.1. The van der Waals surface area contributed by atoms with E-state index in [1.54, 1.807) is 0 Å². The Morgan fingerprint density at radius 1 is 1.14 bits per heavy atom. The van der Waals surface area contributed by atoms with E-state index < -0.39 is 5.54 Å². The third-order valence-corrected chi connectivity index (χ3v) is 4.60. The van der Waals surface area contributed by atoms with Crippen molar-refractivity contribution in [2.24, 2.45) is 0 Å². The van der Waals surface area contributed by atoms with Crippen molar-refractivity contribution >= 4 is 17.7 Å². The molecule has 0 spiro atoms. The van der Waals surface area contributed by atoms with Crippen LogP contribution in [0.25, 0.3) is 0 Å². The van der Waals surface area contributed by atoms with Crippen LogP contribution in [0.5, 0.6) is 0 Å². The smallest absolute Gasteiger partial charge is 0.326 e. The molecule has 1 unspecified atom stereocenters. The summed E-state index contributed by atoms with van der Waals surface area (Å²) in [7, 11) is 0. The molecule has 0 rings (SSSR count). The van der Waals surface area contributed by atoms with E-state index in [4.69, 9.17) is 4.74 Å². The SMILES string of the molecule is CCCCCSCCCCC(C)(NC(C)C)C(=O)OCC. The average molecular weight is 318 g/mol. The highest BCUT2D eigenvalue weighted by atomic mass is 32.2. The lowest BCUT2D eigenvalue weighted by atomic mass is 9.94. The summed E-state index contributed by atoms with van der Waals surface area (Å²) < 4.78 is 5.22. The van der Waals surface area contributed by atoms with Gasteiger partial charge in [0.2, 0.25) is 0 Å². The van der Waals surface area contributed by atoms with Crippen LogP contribution in [0.1, 0.15) is 73.1 Å². The van der Waals surface area contributed by atoms with E-state index in [1.807, 2.05) is 25.6 Å². The van der Waals surface area contributed by atoms with Gasteiger partial charge in [-0.3, -0.25) is 10.1 Å². The normalized spacial score (nSPS) is 14.2. The highest BCUT2D eigenvalue weighted by molar-refractivity contribution is 7.99. The molecule has 4 heteroatoms. The summed E-state index contributed by atoms with van der Waals surface area (Å²) in [6, 6.07) is 0.280. The summed E-state index contributed by atoms with van der Waals surface area (Å²) in [6.07, 6.45) is 7.04. The van der Waals surface area contributed by atoms with E-state index in [-0.39, 0.29) is 12.0 Å². The second-order valence-electron chi connectivity index (χ2n) is 6.13. The maximum atomic E-state index is 12.1. The topological polar surface area (TPSA) is 38.3 Å². The number of rotatable bonds is 13. The van der Waals surface area contributed by atoms with E-state index >= 15 is 0 Å². The predicted molar refractivity (Wildman–Crippen MR) is 94.0 cm³/mol. The van der Waals surface area contributed by atoms with Crippen LogP contribution < -0.4 is 5.32 Å². The number of carbonyl (C=O) groups is 1. The maximum Gasteiger partial charge on any atom is 0.326 e. The van der Waals surface area contributed by atoms with Crippen molar-refractivity contribution in [2.45, 2.75) is 84.7 Å². The Bertz CT molecular complexity index is 272. The first-order chi connectivity index (χ1) is 9.96. The molecule has 0 fully saturated rings. The Labute approximate surface area is 136 Å². The third kappa shape index (κ3) is 10.2. The van der Waals surface area contributed by atoms with Gasteiger partial charge < -0.3 is 4.74 Å². The van der Waals surface area contributed by atoms with Gasteiger partial charge in [-0.05, 0) is 58.5 Å². The van der Waals surface area contributed by atoms with Crippen LogP contribution in [0.3, 0.4) is 0 Å². The molecule has 21 heavy (non-hydrogen) atoms. The van der Waals surface area contributed by atoms with Crippen LogP contribution in [0.4, 0.5) is 0 Å². The lowest BCUT2D eigenvalue weighted by Gasteiger charge is -2.30. The van der Waals surface area contributed by atoms with Crippen molar-refractivity contribution in [3.63, 3.8) is 0 Å². The molecule has 0 bridgehead atoms. The number of thioether (sulfide) groups is 1. The first kappa shape index (κ1) is 20.8. The van der Waals surface area contributed by atoms with E-state index in [2.05, 4.69) is 26.1 Å². The van der Waals surface area contributed by atoms with E-state index in [0.29, 0.717) is 6.61 Å². The van der Waals surface area contributed by atoms with Crippen molar-refractivity contribution < 1.29 is 9.53 Å². The molecule has 0 heterocycles. The number of ether oxygens (including phenoxy) is 1. The van der Waals surface area contributed by atoms with Crippen LogP contribution in [-0.4, -0.2) is 35.7 Å². The van der Waals surface area contributed by atoms with Gasteiger partial charge in [0.15, 0.2) is 0 Å². The molecule has 0 saturated heterocycles. The number of carbonyl (C=O) groups excluding carboxylic acids is 1. The molecule has 1 N–H and O–H groups in total. The first-order valence-corrected chi connectivity index (χ1v) is 9.64. The van der Waals surface area contributed by atoms with Gasteiger partial charge in [-0.2, -0.15) is 11.8 Å². The predicted octanol–water partition coefficient (Wildman–Crippen LogP) is 4.40. The molecule has 0 aliphatic carbocycles. The number of nitrogens with one attached hydrogen (secondary N) is 1. The van der Waals surface area contributed by atoms with Gasteiger partial charge in [0, 0.05) is 6.04 Å². The molecular weight excluding hydrogens is 282 g/mol. The average Bonchev–Trinajstić information content (AvgIpc) is 2.41. The van der Waals surface area contributed by atoms with Crippen LogP contribution in [-0.2, 0) is 9.53 Å². The van der Waals surface area contributed by atoms with Gasteiger partial charge >= 0.3 is 5.97 Å². The highest BCUT2D eigenvalue weighted by Gasteiger charge is 2.34. The largest absolute Gasteiger partial charge is 0.465 e. The molecule has 0 aromatic heterocycles. The number of esters is 1. The van der Waals surface area contributed by atoms with Crippen molar-refractivity contribution in [2.75, 3.05) is 18.1 Å². The second-order valence-corrected chi connectivity index (χ2v) is 7.35. The molecule has 3 nitrogen and oxygen atoms in total. The molecule has 126 valence electrons. The first-order valence-electron chi connectivity index (χ1n) is 8.49. The number of unbranched alkanes of at least 4 members (excludes halogenated alkanes) is 3. The fourth-order valence-electron chi connectivity index (χ4n) is 2.40. The molecule has 0 aromatic carbocycles. The monoisotopic (exact) mass is 317 g/mol. The molecule has 0 radical (unpaired) electrons. The summed E-state index contributed by atoms with van der Waals surface area (Å²) >= 11 is 2.04. The summed E-state index contributed by atoms with van der Waals surface area (Å²) in [5.41, 5.74) is -0.545. The minimum absolute atomic E-state index is 0.116. The summed E-state index contributed by atoms with van der Waals surface area (Å²) in [5, 5.41) is 3.38. The summed E-state index contributed by atoms with van der Waals surface area (Å²) in [6.45, 7) is 10.7. The summed E-state index contributed by atoms with van der Waals surface area (Å²) in [4.78, 5) is 12.1. The Morgan fingerprint density at radius 3 is 2.29 bits per heavy atom. The van der Waals surface area contributed by atoms with E-state index in [9.17, 15) is 4.79 Å². The molecule has 0 amide bonds. The quantitative estimate of drug-likeness (QED) is 0.403. The summed E-state index contributed by atoms with van der Waals surface area (Å²) in [5.74, 6) is 2.35. The zero-order valence-corrected chi connectivity index (χ0v) is 15.5. The van der Waals surface area contributed by atoms with E-state index in [1.165, 1.54) is 37.2 Å². The van der Waals surface area contributed by atoms with Crippen molar-refractivity contribution in [3.05, 3.63) is 0 Å². The van der Waals surface area contributed by atoms with Crippen molar-refractivity contribution in [3.8, 4) is 0 Å². The lowest BCUT2D eigenvalue weighted by molar-refractivity contribution is -0.151. The minimum Gasteiger partial charge on any atom is -0.465 e. The Morgan fingerprint density at radius 2 is 1.76 bits per heavy atom. The van der Waals surface area contributed by atoms with Crippen LogP contribution in [0.2, 0.25) is 0 Å². The van der Waals surface area contributed by atoms with Crippen LogP contribution in [0, 0.1) is 0 Å². The third-order valence-electron chi connectivity index (χ3n) is 3.44. The zero-order valence-electron chi connectivity index (χ0n) is 14.7. The molecular formula is C17H35NO2S. The minimum atomic E-state index is -0.545. The number of hydrogen-bond donors (Lipinski definition) is 1. The Kier molecular flexibility index (Phi) is 12.2. The van der Waals surface area contributed by atoms with Gasteiger partial charge in [-0.1, -0.05) is 26.2 Å². The van der Waals surface area contributed by atoms with Crippen molar-refractivity contribution in [1.82, 2.24) is 5.32 Å². The highest BCUT2D eigenvalue weighted by Crippen LogP contribution is 2.19. The maximum absolute atomic E-state index is 12.1. The Balaban J connectivity index is 3.99. The van der Waals surface area contributed by atoms with Gasteiger partial charge in [0.1, 0.15) is 5.54 Å². The number of hydrogen-bond acceptors (Lipinski definition) is 4. The van der Waals surface area contributed by atoms with Gasteiger partial charge in [-0.15, -0.1) is 0 Å². The second kappa shape index (κ2) is 12.3. The molecule has 0 aromatic rings.